The lowest BCUT2D eigenvalue weighted by molar-refractivity contribution is 0.0943. The van der Waals surface area contributed by atoms with E-state index in [4.69, 9.17) is 5.14 Å². The Balaban J connectivity index is 2.99. The summed E-state index contributed by atoms with van der Waals surface area (Å²) < 4.78 is 22.4. The number of primary sulfonamides is 1. The van der Waals surface area contributed by atoms with Crippen LogP contribution in [-0.4, -0.2) is 20.4 Å². The first-order valence-corrected chi connectivity index (χ1v) is 7.56. The van der Waals surface area contributed by atoms with Gasteiger partial charge in [0, 0.05) is 10.9 Å². The Morgan fingerprint density at radius 3 is 2.59 bits per heavy atom. The fourth-order valence-electron chi connectivity index (χ4n) is 1.26. The van der Waals surface area contributed by atoms with E-state index in [1.54, 1.807) is 6.92 Å². The van der Waals surface area contributed by atoms with Crippen LogP contribution in [0.1, 0.15) is 34.8 Å². The molecule has 3 N–H and O–H groups in total. The van der Waals surface area contributed by atoms with Crippen molar-refractivity contribution >= 4 is 27.3 Å². The van der Waals surface area contributed by atoms with Gasteiger partial charge in [0.1, 0.15) is 0 Å². The Bertz CT molecular complexity index is 520. The Hall–Kier alpha value is -0.920. The Morgan fingerprint density at radius 1 is 1.59 bits per heavy atom. The summed E-state index contributed by atoms with van der Waals surface area (Å²) in [4.78, 5) is 12.7. The van der Waals surface area contributed by atoms with Gasteiger partial charge in [-0.05, 0) is 26.3 Å². The molecule has 1 aromatic rings. The van der Waals surface area contributed by atoms with E-state index in [0.717, 1.165) is 17.8 Å². The highest BCUT2D eigenvalue weighted by atomic mass is 32.2. The second kappa shape index (κ2) is 5.16. The van der Waals surface area contributed by atoms with E-state index in [9.17, 15) is 13.2 Å². The highest BCUT2D eigenvalue weighted by Crippen LogP contribution is 2.24. The number of nitrogens with one attached hydrogen (secondary N) is 1. The normalized spacial score (nSPS) is 13.4. The van der Waals surface area contributed by atoms with Crippen LogP contribution in [0.15, 0.2) is 11.0 Å². The predicted molar refractivity (Wildman–Crippen MR) is 67.6 cm³/mol. The molecule has 0 aliphatic rings. The molecule has 1 amide bonds. The molecular weight excluding hydrogens is 260 g/mol. The summed E-state index contributed by atoms with van der Waals surface area (Å²) in [6.45, 7) is 5.48. The fraction of sp³-hybridized carbons (Fsp3) is 0.500. The summed E-state index contributed by atoms with van der Waals surface area (Å²) >= 11 is 1.13. The molecule has 0 radical (unpaired) electrons. The fourth-order valence-corrected chi connectivity index (χ4v) is 3.31. The van der Waals surface area contributed by atoms with E-state index in [1.807, 2.05) is 13.8 Å². The SMILES string of the molecule is CCC(C)NC(=O)c1cc(S(N)(=O)=O)c(C)s1. The van der Waals surface area contributed by atoms with Crippen LogP contribution in [0.5, 0.6) is 0 Å². The molecule has 7 heteroatoms. The van der Waals surface area contributed by atoms with Gasteiger partial charge in [0.2, 0.25) is 10.0 Å². The second-order valence-electron chi connectivity index (χ2n) is 3.86. The van der Waals surface area contributed by atoms with Crippen LogP contribution in [0.4, 0.5) is 0 Å². The molecule has 0 aliphatic carbocycles. The maximum Gasteiger partial charge on any atom is 0.261 e. The molecule has 96 valence electrons. The largest absolute Gasteiger partial charge is 0.349 e. The van der Waals surface area contributed by atoms with Crippen molar-refractivity contribution in [2.45, 2.75) is 38.1 Å². The summed E-state index contributed by atoms with van der Waals surface area (Å²) in [5.41, 5.74) is 0. The second-order valence-corrected chi connectivity index (χ2v) is 6.65. The molecule has 0 aromatic carbocycles. The molecule has 17 heavy (non-hydrogen) atoms. The molecule has 1 heterocycles. The van der Waals surface area contributed by atoms with Gasteiger partial charge in [-0.25, -0.2) is 13.6 Å². The smallest absolute Gasteiger partial charge is 0.261 e. The van der Waals surface area contributed by atoms with Crippen LogP contribution in [-0.2, 0) is 10.0 Å². The van der Waals surface area contributed by atoms with Gasteiger partial charge in [0.05, 0.1) is 9.77 Å². The molecule has 1 aromatic heterocycles. The first-order valence-electron chi connectivity index (χ1n) is 5.19. The highest BCUT2D eigenvalue weighted by Gasteiger charge is 2.19. The van der Waals surface area contributed by atoms with Crippen molar-refractivity contribution in [1.82, 2.24) is 5.32 Å². The molecule has 0 saturated carbocycles. The Kier molecular flexibility index (Phi) is 4.29. The lowest BCUT2D eigenvalue weighted by atomic mass is 10.2. The van der Waals surface area contributed by atoms with Crippen molar-refractivity contribution in [3.8, 4) is 0 Å². The molecule has 0 spiro atoms. The third kappa shape index (κ3) is 3.52. The molecule has 0 saturated heterocycles. The maximum atomic E-state index is 11.8. The van der Waals surface area contributed by atoms with Crippen LogP contribution in [0.25, 0.3) is 0 Å². The van der Waals surface area contributed by atoms with Crippen LogP contribution < -0.4 is 10.5 Å². The standard InChI is InChI=1S/C10H16N2O3S2/c1-4-6(2)12-10(13)8-5-9(7(3)16-8)17(11,14)15/h5-6H,4H2,1-3H3,(H,12,13)(H2,11,14,15). The zero-order chi connectivity index (χ0) is 13.2. The highest BCUT2D eigenvalue weighted by molar-refractivity contribution is 7.89. The van der Waals surface area contributed by atoms with Gasteiger partial charge in [-0.2, -0.15) is 0 Å². The van der Waals surface area contributed by atoms with E-state index in [1.165, 1.54) is 6.07 Å². The van der Waals surface area contributed by atoms with Gasteiger partial charge in [0.15, 0.2) is 0 Å². The molecule has 0 bridgehead atoms. The molecule has 5 nitrogen and oxygen atoms in total. The van der Waals surface area contributed by atoms with Crippen molar-refractivity contribution < 1.29 is 13.2 Å². The van der Waals surface area contributed by atoms with Gasteiger partial charge in [-0.3, -0.25) is 4.79 Å². The van der Waals surface area contributed by atoms with Crippen LogP contribution >= 0.6 is 11.3 Å². The van der Waals surface area contributed by atoms with Gasteiger partial charge in [0.25, 0.3) is 5.91 Å². The zero-order valence-corrected chi connectivity index (χ0v) is 11.6. The van der Waals surface area contributed by atoms with Crippen molar-refractivity contribution in [3.05, 3.63) is 15.8 Å². The number of carbonyl (C=O) groups is 1. The van der Waals surface area contributed by atoms with Crippen LogP contribution in [0.3, 0.4) is 0 Å². The van der Waals surface area contributed by atoms with Crippen LogP contribution in [0, 0.1) is 6.92 Å². The van der Waals surface area contributed by atoms with Gasteiger partial charge < -0.3 is 5.32 Å². The molecule has 1 rings (SSSR count). The third-order valence-electron chi connectivity index (χ3n) is 2.39. The number of rotatable bonds is 4. The van der Waals surface area contributed by atoms with Crippen molar-refractivity contribution in [2.24, 2.45) is 5.14 Å². The number of hydrogen-bond donors (Lipinski definition) is 2. The lowest BCUT2D eigenvalue weighted by Gasteiger charge is -2.09. The first-order chi connectivity index (χ1) is 7.75. The molecular formula is C10H16N2O3S2. The topological polar surface area (TPSA) is 89.3 Å². The number of nitrogens with two attached hydrogens (primary N) is 1. The number of amides is 1. The van der Waals surface area contributed by atoms with E-state index in [-0.39, 0.29) is 16.8 Å². The minimum Gasteiger partial charge on any atom is -0.349 e. The van der Waals surface area contributed by atoms with Crippen molar-refractivity contribution in [1.29, 1.82) is 0 Å². The Morgan fingerprint density at radius 2 is 2.18 bits per heavy atom. The van der Waals surface area contributed by atoms with Gasteiger partial charge >= 0.3 is 0 Å². The third-order valence-corrected chi connectivity index (χ3v) is 4.61. The number of thiophene rings is 1. The number of aryl methyl sites for hydroxylation is 1. The van der Waals surface area contributed by atoms with E-state index in [0.29, 0.717) is 9.75 Å². The average molecular weight is 276 g/mol. The average Bonchev–Trinajstić information content (AvgIpc) is 2.59. The van der Waals surface area contributed by atoms with Crippen molar-refractivity contribution in [2.75, 3.05) is 0 Å². The summed E-state index contributed by atoms with van der Waals surface area (Å²) in [6.07, 6.45) is 0.818. The molecule has 0 aliphatic heterocycles. The monoisotopic (exact) mass is 276 g/mol. The summed E-state index contributed by atoms with van der Waals surface area (Å²) in [7, 11) is -3.75. The quantitative estimate of drug-likeness (QED) is 0.866. The summed E-state index contributed by atoms with van der Waals surface area (Å²) in [6, 6.07) is 1.38. The summed E-state index contributed by atoms with van der Waals surface area (Å²) in [5, 5.41) is 7.82. The van der Waals surface area contributed by atoms with Gasteiger partial charge in [-0.15, -0.1) is 11.3 Å². The lowest BCUT2D eigenvalue weighted by Crippen LogP contribution is -2.31. The van der Waals surface area contributed by atoms with Crippen molar-refractivity contribution in [3.63, 3.8) is 0 Å². The number of carbonyl (C=O) groups excluding carboxylic acids is 1. The van der Waals surface area contributed by atoms with Crippen LogP contribution in [0.2, 0.25) is 0 Å². The van der Waals surface area contributed by atoms with E-state index >= 15 is 0 Å². The van der Waals surface area contributed by atoms with Gasteiger partial charge in [-0.1, -0.05) is 6.92 Å². The first kappa shape index (κ1) is 14.1. The zero-order valence-electron chi connectivity index (χ0n) is 9.98. The number of hydrogen-bond acceptors (Lipinski definition) is 4. The summed E-state index contributed by atoms with van der Waals surface area (Å²) in [5.74, 6) is -0.262. The minimum atomic E-state index is -3.75. The van der Waals surface area contributed by atoms with E-state index < -0.39 is 10.0 Å². The Labute approximate surface area is 105 Å². The maximum absolute atomic E-state index is 11.8. The molecule has 1 unspecified atom stereocenters. The molecule has 1 atom stereocenters. The minimum absolute atomic E-state index is 0.0248. The van der Waals surface area contributed by atoms with E-state index in [2.05, 4.69) is 5.32 Å². The predicted octanol–water partition coefficient (Wildman–Crippen LogP) is 1.23. The molecule has 0 fully saturated rings. The number of sulfonamides is 1.